The number of hydrogen-bond donors (Lipinski definition) is 3. The smallest absolute Gasteiger partial charge is 0.238 e. The molecule has 2 aromatic carbocycles. The first-order valence-electron chi connectivity index (χ1n) is 12.1. The number of carbonyl (C=O) groups excluding carboxylic acids is 1. The van der Waals surface area contributed by atoms with Gasteiger partial charge < -0.3 is 16.2 Å². The van der Waals surface area contributed by atoms with Gasteiger partial charge in [-0.25, -0.2) is 0 Å². The van der Waals surface area contributed by atoms with Crippen LogP contribution in [-0.4, -0.2) is 28.7 Å². The van der Waals surface area contributed by atoms with Crippen molar-refractivity contribution in [2.45, 2.75) is 62.6 Å². The lowest BCUT2D eigenvalue weighted by Gasteiger charge is -2.61. The molecule has 2 aromatic rings. The molecule has 6 nitrogen and oxygen atoms in total. The normalized spacial score (nSPS) is 30.7. The molecule has 34 heavy (non-hydrogen) atoms. The first-order chi connectivity index (χ1) is 16.3. The monoisotopic (exact) mass is 454 g/mol. The molecule has 4 fully saturated rings. The number of nitrogens with two attached hydrogens (primary N) is 1. The molecule has 4 saturated carbocycles. The zero-order chi connectivity index (χ0) is 23.9. The molecule has 4 bridgehead atoms. The number of amides is 1. The average molecular weight is 455 g/mol. The summed E-state index contributed by atoms with van der Waals surface area (Å²) in [6.45, 7) is 0. The SMILES string of the molecule is N#Cc1ccc(-c2ccc(C[C@@H](C#N)NC(=O)[C@@H](N)C34CC5CC(CC(O)(C5)C3)C4)cc2)cc1. The van der Waals surface area contributed by atoms with Crippen molar-refractivity contribution in [3.05, 3.63) is 59.7 Å². The molecule has 0 spiro atoms. The Morgan fingerprint density at radius 2 is 1.62 bits per heavy atom. The van der Waals surface area contributed by atoms with E-state index < -0.39 is 17.7 Å². The third-order valence-electron chi connectivity index (χ3n) is 8.23. The Morgan fingerprint density at radius 1 is 1.03 bits per heavy atom. The van der Waals surface area contributed by atoms with E-state index in [0.717, 1.165) is 48.8 Å². The van der Waals surface area contributed by atoms with Crippen LogP contribution in [0.15, 0.2) is 48.5 Å². The highest BCUT2D eigenvalue weighted by atomic mass is 16.3. The molecule has 4 N–H and O–H groups in total. The molecule has 2 unspecified atom stereocenters. The van der Waals surface area contributed by atoms with E-state index in [4.69, 9.17) is 11.0 Å². The predicted molar refractivity (Wildman–Crippen MR) is 128 cm³/mol. The summed E-state index contributed by atoms with van der Waals surface area (Å²) in [7, 11) is 0. The van der Waals surface area contributed by atoms with Gasteiger partial charge in [0, 0.05) is 6.42 Å². The van der Waals surface area contributed by atoms with Gasteiger partial charge in [-0.3, -0.25) is 4.79 Å². The quantitative estimate of drug-likeness (QED) is 0.617. The van der Waals surface area contributed by atoms with Crippen molar-refractivity contribution in [2.24, 2.45) is 23.0 Å². The lowest BCUT2D eigenvalue weighted by molar-refractivity contribution is -0.174. The molecule has 0 heterocycles. The van der Waals surface area contributed by atoms with Gasteiger partial charge in [0.05, 0.1) is 29.3 Å². The molecule has 1 amide bonds. The van der Waals surface area contributed by atoms with Crippen molar-refractivity contribution >= 4 is 5.91 Å². The van der Waals surface area contributed by atoms with Crippen LogP contribution in [0.1, 0.15) is 49.7 Å². The highest BCUT2D eigenvalue weighted by Crippen LogP contribution is 2.62. The molecule has 174 valence electrons. The number of benzene rings is 2. The maximum absolute atomic E-state index is 13.1. The number of carbonyl (C=O) groups is 1. The minimum absolute atomic E-state index is 0.286. The molecule has 0 radical (unpaired) electrons. The molecule has 0 saturated heterocycles. The van der Waals surface area contributed by atoms with Gasteiger partial charge in [-0.15, -0.1) is 0 Å². The largest absolute Gasteiger partial charge is 0.390 e. The van der Waals surface area contributed by atoms with Crippen LogP contribution in [0, 0.1) is 39.9 Å². The van der Waals surface area contributed by atoms with Crippen LogP contribution in [0.5, 0.6) is 0 Å². The van der Waals surface area contributed by atoms with Crippen molar-refractivity contribution in [2.75, 3.05) is 0 Å². The Balaban J connectivity index is 1.23. The van der Waals surface area contributed by atoms with Crippen LogP contribution in [0.3, 0.4) is 0 Å². The second kappa shape index (κ2) is 8.55. The summed E-state index contributed by atoms with van der Waals surface area (Å²) in [6, 6.07) is 18.2. The maximum atomic E-state index is 13.1. The summed E-state index contributed by atoms with van der Waals surface area (Å²) in [5, 5.41) is 32.5. The van der Waals surface area contributed by atoms with Crippen molar-refractivity contribution < 1.29 is 9.90 Å². The van der Waals surface area contributed by atoms with Gasteiger partial charge in [0.1, 0.15) is 6.04 Å². The van der Waals surface area contributed by atoms with Gasteiger partial charge in [-0.05, 0) is 84.6 Å². The fourth-order valence-electron chi connectivity index (χ4n) is 7.12. The van der Waals surface area contributed by atoms with Gasteiger partial charge in [0.15, 0.2) is 0 Å². The number of rotatable bonds is 6. The van der Waals surface area contributed by atoms with Gasteiger partial charge >= 0.3 is 0 Å². The first kappa shape index (κ1) is 22.6. The first-order valence-corrected chi connectivity index (χ1v) is 12.1. The van der Waals surface area contributed by atoms with E-state index in [-0.39, 0.29) is 11.3 Å². The molecule has 0 aromatic heterocycles. The summed E-state index contributed by atoms with van der Waals surface area (Å²) in [5.74, 6) is 0.615. The van der Waals surface area contributed by atoms with E-state index in [1.807, 2.05) is 36.4 Å². The van der Waals surface area contributed by atoms with Crippen molar-refractivity contribution in [3.8, 4) is 23.3 Å². The number of hydrogen-bond acceptors (Lipinski definition) is 5. The third kappa shape index (κ3) is 4.20. The van der Waals surface area contributed by atoms with E-state index in [0.29, 0.717) is 30.2 Å². The third-order valence-corrected chi connectivity index (χ3v) is 8.23. The van der Waals surface area contributed by atoms with Gasteiger partial charge in [-0.1, -0.05) is 36.4 Å². The second-order valence-corrected chi connectivity index (χ2v) is 10.8. The highest BCUT2D eigenvalue weighted by Gasteiger charge is 2.60. The molecule has 4 aliphatic rings. The van der Waals surface area contributed by atoms with E-state index in [9.17, 15) is 15.2 Å². The topological polar surface area (TPSA) is 123 Å². The van der Waals surface area contributed by atoms with Crippen molar-refractivity contribution in [1.29, 1.82) is 10.5 Å². The fourth-order valence-corrected chi connectivity index (χ4v) is 7.12. The summed E-state index contributed by atoms with van der Waals surface area (Å²) in [6.07, 6.45) is 5.58. The van der Waals surface area contributed by atoms with Crippen molar-refractivity contribution in [1.82, 2.24) is 5.32 Å². The van der Waals surface area contributed by atoms with Crippen LogP contribution in [0.2, 0.25) is 0 Å². The van der Waals surface area contributed by atoms with Crippen LogP contribution in [-0.2, 0) is 11.2 Å². The molecule has 0 aliphatic heterocycles. The summed E-state index contributed by atoms with van der Waals surface area (Å²) < 4.78 is 0. The molecular weight excluding hydrogens is 424 g/mol. The Bertz CT molecular complexity index is 1140. The van der Waals surface area contributed by atoms with Gasteiger partial charge in [0.25, 0.3) is 0 Å². The standard InChI is InChI=1S/C28H30N4O2/c29-15-19-3-7-23(8-4-19)22-5-1-18(2-6-22)10-24(16-30)32-26(33)25(31)27-11-20-9-21(12-27)14-28(34,13-20)17-27/h1-8,20-21,24-25,34H,9-14,17,31H2,(H,32,33)/t20?,21?,24-,25+,27?,28?/m0/s1. The number of nitrogens with one attached hydrogen (secondary N) is 1. The van der Waals surface area contributed by atoms with Crippen molar-refractivity contribution in [3.63, 3.8) is 0 Å². The molecule has 6 heteroatoms. The molecule has 4 aliphatic carbocycles. The zero-order valence-corrected chi connectivity index (χ0v) is 19.2. The fraction of sp³-hybridized carbons (Fsp3) is 0.464. The van der Waals surface area contributed by atoms with E-state index in [1.165, 1.54) is 0 Å². The van der Waals surface area contributed by atoms with Crippen LogP contribution in [0.25, 0.3) is 11.1 Å². The van der Waals surface area contributed by atoms with E-state index >= 15 is 0 Å². The number of nitriles is 2. The molecule has 4 atom stereocenters. The summed E-state index contributed by atoms with van der Waals surface area (Å²) in [4.78, 5) is 13.1. The van der Waals surface area contributed by atoms with Crippen LogP contribution >= 0.6 is 0 Å². The van der Waals surface area contributed by atoms with E-state index in [1.54, 1.807) is 12.1 Å². The van der Waals surface area contributed by atoms with Crippen LogP contribution < -0.4 is 11.1 Å². The average Bonchev–Trinajstić information content (AvgIpc) is 2.82. The number of nitrogens with zero attached hydrogens (tertiary/aromatic N) is 2. The number of aliphatic hydroxyl groups is 1. The molecule has 6 rings (SSSR count). The predicted octanol–water partition coefficient (Wildman–Crippen LogP) is 3.43. The summed E-state index contributed by atoms with van der Waals surface area (Å²) in [5.41, 5.74) is 9.09. The Kier molecular flexibility index (Phi) is 5.68. The van der Waals surface area contributed by atoms with Gasteiger partial charge in [-0.2, -0.15) is 10.5 Å². The minimum Gasteiger partial charge on any atom is -0.390 e. The van der Waals surface area contributed by atoms with Gasteiger partial charge in [0.2, 0.25) is 5.91 Å². The minimum atomic E-state index is -0.709. The Labute approximate surface area is 200 Å². The maximum Gasteiger partial charge on any atom is 0.238 e. The zero-order valence-electron chi connectivity index (χ0n) is 19.2. The Hall–Kier alpha value is -3.19. The second-order valence-electron chi connectivity index (χ2n) is 10.8. The lowest BCUT2D eigenvalue weighted by Crippen LogP contribution is -2.64. The van der Waals surface area contributed by atoms with E-state index in [2.05, 4.69) is 17.5 Å². The molecular formula is C28H30N4O2. The Morgan fingerprint density at radius 3 is 2.15 bits per heavy atom. The lowest BCUT2D eigenvalue weighted by atomic mass is 9.46. The highest BCUT2D eigenvalue weighted by molar-refractivity contribution is 5.83. The summed E-state index contributed by atoms with van der Waals surface area (Å²) >= 11 is 0. The van der Waals surface area contributed by atoms with Crippen LogP contribution in [0.4, 0.5) is 0 Å².